The lowest BCUT2D eigenvalue weighted by Crippen LogP contribution is -2.58. The Hall–Kier alpha value is -1.11. The maximum atomic E-state index is 12.5. The van der Waals surface area contributed by atoms with Crippen LogP contribution in [0.3, 0.4) is 0 Å². The van der Waals surface area contributed by atoms with E-state index < -0.39 is 10.0 Å². The monoisotopic (exact) mass is 311 g/mol. The number of nitrogens with zero attached hydrogens (tertiary/aromatic N) is 1. The predicted octanol–water partition coefficient (Wildman–Crippen LogP) is 1.56. The van der Waals surface area contributed by atoms with E-state index in [0.29, 0.717) is 11.4 Å². The number of sulfonamides is 1. The van der Waals surface area contributed by atoms with Crippen LogP contribution in [0.15, 0.2) is 29.2 Å². The molecule has 0 aromatic heterocycles. The highest BCUT2D eigenvalue weighted by Gasteiger charge is 2.32. The molecule has 5 nitrogen and oxygen atoms in total. The second-order valence-corrected chi connectivity index (χ2v) is 7.74. The molecule has 1 aliphatic heterocycles. The molecule has 0 amide bonds. The van der Waals surface area contributed by atoms with Crippen molar-refractivity contribution in [1.29, 1.82) is 0 Å². The highest BCUT2D eigenvalue weighted by molar-refractivity contribution is 7.89. The number of piperazine rings is 1. The average molecular weight is 311 g/mol. The topological polar surface area (TPSA) is 61.4 Å². The maximum Gasteiger partial charge on any atom is 0.242 e. The fourth-order valence-corrected chi connectivity index (χ4v) is 3.99. The Labute approximate surface area is 127 Å². The maximum absolute atomic E-state index is 12.5. The number of anilines is 1. The quantitative estimate of drug-likeness (QED) is 0.866. The Kier molecular flexibility index (Phi) is 4.91. The first-order valence-corrected chi connectivity index (χ1v) is 8.94. The van der Waals surface area contributed by atoms with Crippen molar-refractivity contribution in [3.05, 3.63) is 24.3 Å². The molecule has 1 heterocycles. The van der Waals surface area contributed by atoms with Gasteiger partial charge < -0.3 is 10.2 Å². The molecule has 0 unspecified atom stereocenters. The minimum Gasteiger partial charge on any atom is -0.363 e. The number of hydrogen-bond donors (Lipinski definition) is 2. The molecule has 118 valence electrons. The van der Waals surface area contributed by atoms with Gasteiger partial charge in [-0.15, -0.1) is 0 Å². The van der Waals surface area contributed by atoms with E-state index in [0.717, 1.165) is 31.7 Å². The summed E-state index contributed by atoms with van der Waals surface area (Å²) in [5.41, 5.74) is 0.668. The second kappa shape index (κ2) is 6.34. The Morgan fingerprint density at radius 2 is 2.05 bits per heavy atom. The van der Waals surface area contributed by atoms with Gasteiger partial charge in [-0.1, -0.05) is 19.1 Å². The molecule has 0 spiro atoms. The van der Waals surface area contributed by atoms with Crippen molar-refractivity contribution in [2.75, 3.05) is 31.1 Å². The SMILES string of the molecule is CCCNS(=O)(=O)c1ccccc1N1CCNCC1(C)C. The Morgan fingerprint density at radius 1 is 1.33 bits per heavy atom. The summed E-state index contributed by atoms with van der Waals surface area (Å²) in [6.07, 6.45) is 0.778. The molecule has 0 saturated carbocycles. The van der Waals surface area contributed by atoms with Gasteiger partial charge in [-0.25, -0.2) is 13.1 Å². The molecule has 1 aromatic carbocycles. The summed E-state index contributed by atoms with van der Waals surface area (Å²) < 4.78 is 27.7. The molecule has 2 N–H and O–H groups in total. The van der Waals surface area contributed by atoms with Crippen molar-refractivity contribution in [2.45, 2.75) is 37.6 Å². The van der Waals surface area contributed by atoms with Crippen molar-refractivity contribution >= 4 is 15.7 Å². The fraction of sp³-hybridized carbons (Fsp3) is 0.600. The molecule has 0 radical (unpaired) electrons. The number of benzene rings is 1. The van der Waals surface area contributed by atoms with Gasteiger partial charge in [-0.2, -0.15) is 0 Å². The summed E-state index contributed by atoms with van der Waals surface area (Å²) in [6, 6.07) is 7.25. The van der Waals surface area contributed by atoms with Crippen molar-refractivity contribution in [2.24, 2.45) is 0 Å². The van der Waals surface area contributed by atoms with Gasteiger partial charge in [0.1, 0.15) is 4.90 Å². The average Bonchev–Trinajstić information content (AvgIpc) is 2.45. The standard InChI is InChI=1S/C15H25N3O2S/c1-4-9-17-21(19,20)14-8-6-5-7-13(14)18-11-10-16-12-15(18,2)3/h5-8,16-17H,4,9-12H2,1-3H3. The molecule has 1 aliphatic rings. The summed E-state index contributed by atoms with van der Waals surface area (Å²) in [5, 5.41) is 3.36. The third-order valence-corrected chi connectivity index (χ3v) is 5.30. The zero-order valence-corrected chi connectivity index (χ0v) is 13.8. The number of para-hydroxylation sites is 1. The lowest BCUT2D eigenvalue weighted by atomic mass is 9.99. The van der Waals surface area contributed by atoms with E-state index >= 15 is 0 Å². The van der Waals surface area contributed by atoms with Crippen LogP contribution < -0.4 is 14.9 Å². The first-order chi connectivity index (χ1) is 9.88. The Morgan fingerprint density at radius 3 is 2.71 bits per heavy atom. The van der Waals surface area contributed by atoms with Crippen molar-refractivity contribution in [3.8, 4) is 0 Å². The third kappa shape index (κ3) is 3.56. The lowest BCUT2D eigenvalue weighted by molar-refractivity contribution is 0.378. The van der Waals surface area contributed by atoms with E-state index in [1.165, 1.54) is 0 Å². The van der Waals surface area contributed by atoms with Crippen molar-refractivity contribution in [1.82, 2.24) is 10.0 Å². The molecule has 2 rings (SSSR count). The predicted molar refractivity (Wildman–Crippen MR) is 86.2 cm³/mol. The smallest absolute Gasteiger partial charge is 0.242 e. The highest BCUT2D eigenvalue weighted by Crippen LogP contribution is 2.31. The number of hydrogen-bond acceptors (Lipinski definition) is 4. The normalized spacial score (nSPS) is 18.7. The van der Waals surface area contributed by atoms with E-state index in [1.807, 2.05) is 19.1 Å². The summed E-state index contributed by atoms with van der Waals surface area (Å²) in [5.74, 6) is 0. The molecular weight excluding hydrogens is 286 g/mol. The summed E-state index contributed by atoms with van der Waals surface area (Å²) >= 11 is 0. The lowest BCUT2D eigenvalue weighted by Gasteiger charge is -2.45. The van der Waals surface area contributed by atoms with Crippen LogP contribution in [-0.4, -0.2) is 40.1 Å². The van der Waals surface area contributed by atoms with E-state index in [2.05, 4.69) is 28.8 Å². The van der Waals surface area contributed by atoms with Gasteiger partial charge in [-0.05, 0) is 32.4 Å². The van der Waals surface area contributed by atoms with Crippen LogP contribution in [-0.2, 0) is 10.0 Å². The van der Waals surface area contributed by atoms with Gasteiger partial charge in [0.15, 0.2) is 0 Å². The van der Waals surface area contributed by atoms with Gasteiger partial charge in [-0.3, -0.25) is 0 Å². The van der Waals surface area contributed by atoms with Crippen LogP contribution >= 0.6 is 0 Å². The third-order valence-electron chi connectivity index (χ3n) is 3.79. The summed E-state index contributed by atoms with van der Waals surface area (Å²) in [7, 11) is -3.46. The van der Waals surface area contributed by atoms with E-state index in [4.69, 9.17) is 0 Å². The minimum absolute atomic E-state index is 0.116. The number of nitrogens with one attached hydrogen (secondary N) is 2. The van der Waals surface area contributed by atoms with Crippen LogP contribution in [0, 0.1) is 0 Å². The largest absolute Gasteiger partial charge is 0.363 e. The molecule has 0 aliphatic carbocycles. The molecule has 1 fully saturated rings. The first-order valence-electron chi connectivity index (χ1n) is 7.45. The van der Waals surface area contributed by atoms with Gasteiger partial charge >= 0.3 is 0 Å². The summed E-state index contributed by atoms with van der Waals surface area (Å²) in [6.45, 7) is 9.16. The van der Waals surface area contributed by atoms with E-state index in [9.17, 15) is 8.42 Å². The minimum atomic E-state index is -3.46. The van der Waals surface area contributed by atoms with Gasteiger partial charge in [0.25, 0.3) is 0 Å². The van der Waals surface area contributed by atoms with Crippen molar-refractivity contribution in [3.63, 3.8) is 0 Å². The van der Waals surface area contributed by atoms with Gasteiger partial charge in [0, 0.05) is 31.7 Å². The van der Waals surface area contributed by atoms with Gasteiger partial charge in [0.05, 0.1) is 5.69 Å². The molecule has 0 atom stereocenters. The zero-order chi connectivity index (χ0) is 15.5. The second-order valence-electron chi connectivity index (χ2n) is 6.01. The fourth-order valence-electron chi connectivity index (χ4n) is 2.65. The molecular formula is C15H25N3O2S. The molecule has 6 heteroatoms. The molecule has 1 aromatic rings. The summed E-state index contributed by atoms with van der Waals surface area (Å²) in [4.78, 5) is 2.55. The number of rotatable bonds is 5. The van der Waals surface area contributed by atoms with Gasteiger partial charge in [0.2, 0.25) is 10.0 Å². The molecule has 0 bridgehead atoms. The van der Waals surface area contributed by atoms with Crippen LogP contribution in [0.4, 0.5) is 5.69 Å². The van der Waals surface area contributed by atoms with Crippen LogP contribution in [0.25, 0.3) is 0 Å². The first kappa shape index (κ1) is 16.3. The van der Waals surface area contributed by atoms with Crippen molar-refractivity contribution < 1.29 is 8.42 Å². The van der Waals surface area contributed by atoms with Crippen LogP contribution in [0.5, 0.6) is 0 Å². The molecule has 21 heavy (non-hydrogen) atoms. The zero-order valence-electron chi connectivity index (χ0n) is 13.0. The van der Waals surface area contributed by atoms with Crippen LogP contribution in [0.1, 0.15) is 27.2 Å². The Bertz CT molecular complexity index is 584. The highest BCUT2D eigenvalue weighted by atomic mass is 32.2. The van der Waals surface area contributed by atoms with Crippen LogP contribution in [0.2, 0.25) is 0 Å². The van der Waals surface area contributed by atoms with E-state index in [-0.39, 0.29) is 5.54 Å². The Balaban J connectivity index is 2.41. The van der Waals surface area contributed by atoms with E-state index in [1.54, 1.807) is 12.1 Å². The molecule has 1 saturated heterocycles.